The maximum atomic E-state index is 12.5. The van der Waals surface area contributed by atoms with Crippen LogP contribution in [0.15, 0.2) is 12.1 Å². The smallest absolute Gasteiger partial charge is 0.420 e. The van der Waals surface area contributed by atoms with Crippen molar-refractivity contribution in [1.29, 1.82) is 0 Å². The topological polar surface area (TPSA) is 73.6 Å². The van der Waals surface area contributed by atoms with Gasteiger partial charge in [0, 0.05) is 18.1 Å². The molecule has 0 radical (unpaired) electrons. The van der Waals surface area contributed by atoms with Gasteiger partial charge in [-0.3, -0.25) is 0 Å². The van der Waals surface area contributed by atoms with Gasteiger partial charge >= 0.3 is 6.09 Å². The largest absolute Gasteiger partial charge is 0.508 e. The standard InChI is InChI=1S/C16H22N2O4/c1-9(2)14-17-13-11(7-10(19)8-12(13)21-6)18(14)15(20)22-16(3,4)5/h7-9,19H,1-6H3. The minimum atomic E-state index is -0.622. The SMILES string of the molecule is COc1cc(O)cc2c1nc(C(C)C)n2C(=O)OC(C)(C)C. The van der Waals surface area contributed by atoms with E-state index in [0.717, 1.165) is 0 Å². The van der Waals surface area contributed by atoms with E-state index in [1.807, 2.05) is 13.8 Å². The van der Waals surface area contributed by atoms with Gasteiger partial charge in [0.1, 0.15) is 28.4 Å². The molecule has 0 unspecified atom stereocenters. The second-order valence-electron chi connectivity index (χ2n) is 6.46. The van der Waals surface area contributed by atoms with Crippen molar-refractivity contribution in [2.75, 3.05) is 7.11 Å². The average Bonchev–Trinajstić information content (AvgIpc) is 2.74. The molecule has 0 saturated carbocycles. The number of imidazole rings is 1. The summed E-state index contributed by atoms with van der Waals surface area (Å²) in [5.74, 6) is 0.989. The third kappa shape index (κ3) is 3.00. The van der Waals surface area contributed by atoms with Crippen LogP contribution in [0.1, 0.15) is 46.4 Å². The highest BCUT2D eigenvalue weighted by Crippen LogP contribution is 2.33. The lowest BCUT2D eigenvalue weighted by Gasteiger charge is -2.21. The molecule has 1 heterocycles. The molecule has 2 aromatic rings. The summed E-state index contributed by atoms with van der Waals surface area (Å²) in [4.78, 5) is 17.1. The van der Waals surface area contributed by atoms with Crippen LogP contribution in [-0.2, 0) is 4.74 Å². The summed E-state index contributed by atoms with van der Waals surface area (Å²) in [7, 11) is 1.50. The Morgan fingerprint density at radius 1 is 1.32 bits per heavy atom. The molecule has 0 saturated heterocycles. The van der Waals surface area contributed by atoms with Gasteiger partial charge in [-0.05, 0) is 20.8 Å². The molecule has 0 aliphatic rings. The van der Waals surface area contributed by atoms with Gasteiger partial charge in [-0.1, -0.05) is 13.8 Å². The number of carbonyl (C=O) groups is 1. The minimum Gasteiger partial charge on any atom is -0.508 e. The van der Waals surface area contributed by atoms with Crippen LogP contribution >= 0.6 is 0 Å². The molecule has 2 rings (SSSR count). The van der Waals surface area contributed by atoms with Crippen LogP contribution in [0.3, 0.4) is 0 Å². The number of fused-ring (bicyclic) bond motifs is 1. The molecular formula is C16H22N2O4. The number of nitrogens with zero attached hydrogens (tertiary/aromatic N) is 2. The number of phenolic OH excluding ortho intramolecular Hbond substituents is 1. The maximum absolute atomic E-state index is 12.5. The van der Waals surface area contributed by atoms with E-state index in [4.69, 9.17) is 9.47 Å². The van der Waals surface area contributed by atoms with Crippen molar-refractivity contribution in [3.8, 4) is 11.5 Å². The zero-order valence-corrected chi connectivity index (χ0v) is 13.8. The Labute approximate surface area is 129 Å². The Balaban J connectivity index is 2.72. The van der Waals surface area contributed by atoms with E-state index in [2.05, 4.69) is 4.98 Å². The fourth-order valence-corrected chi connectivity index (χ4v) is 2.19. The summed E-state index contributed by atoms with van der Waals surface area (Å²) in [6.45, 7) is 9.29. The number of benzene rings is 1. The Morgan fingerprint density at radius 2 is 1.95 bits per heavy atom. The molecule has 1 aromatic carbocycles. The van der Waals surface area contributed by atoms with E-state index < -0.39 is 11.7 Å². The first kappa shape index (κ1) is 16.1. The van der Waals surface area contributed by atoms with Crippen molar-refractivity contribution in [1.82, 2.24) is 9.55 Å². The number of hydrogen-bond acceptors (Lipinski definition) is 5. The van der Waals surface area contributed by atoms with E-state index in [-0.39, 0.29) is 11.7 Å². The summed E-state index contributed by atoms with van der Waals surface area (Å²) >= 11 is 0. The number of hydrogen-bond donors (Lipinski definition) is 1. The van der Waals surface area contributed by atoms with Crippen molar-refractivity contribution in [3.63, 3.8) is 0 Å². The first-order valence-electron chi connectivity index (χ1n) is 7.16. The Hall–Kier alpha value is -2.24. The fraction of sp³-hybridized carbons (Fsp3) is 0.500. The second-order valence-corrected chi connectivity index (χ2v) is 6.46. The molecule has 6 heteroatoms. The van der Waals surface area contributed by atoms with Gasteiger partial charge in [0.15, 0.2) is 0 Å². The van der Waals surface area contributed by atoms with Gasteiger partial charge in [-0.25, -0.2) is 14.3 Å². The highest BCUT2D eigenvalue weighted by Gasteiger charge is 2.26. The third-order valence-corrected chi connectivity index (χ3v) is 3.05. The van der Waals surface area contributed by atoms with Crippen LogP contribution in [0.25, 0.3) is 11.0 Å². The molecule has 1 N–H and O–H groups in total. The predicted molar refractivity (Wildman–Crippen MR) is 83.7 cm³/mol. The molecule has 22 heavy (non-hydrogen) atoms. The highest BCUT2D eigenvalue weighted by atomic mass is 16.6. The molecule has 0 amide bonds. The number of carbonyl (C=O) groups excluding carboxylic acids is 1. The molecular weight excluding hydrogens is 284 g/mol. The van der Waals surface area contributed by atoms with E-state index in [1.54, 1.807) is 20.8 Å². The van der Waals surface area contributed by atoms with E-state index in [0.29, 0.717) is 22.6 Å². The van der Waals surface area contributed by atoms with E-state index in [9.17, 15) is 9.90 Å². The number of aromatic hydroxyl groups is 1. The number of rotatable bonds is 2. The molecule has 0 bridgehead atoms. The summed E-state index contributed by atoms with van der Waals surface area (Å²) in [6.07, 6.45) is -0.522. The molecule has 0 spiro atoms. The van der Waals surface area contributed by atoms with Gasteiger partial charge < -0.3 is 14.6 Å². The minimum absolute atomic E-state index is 0.00404. The first-order chi connectivity index (χ1) is 10.1. The van der Waals surface area contributed by atoms with Crippen LogP contribution in [-0.4, -0.2) is 33.5 Å². The van der Waals surface area contributed by atoms with Crippen LogP contribution in [0.5, 0.6) is 11.5 Å². The Morgan fingerprint density at radius 3 is 2.45 bits per heavy atom. The maximum Gasteiger partial charge on any atom is 0.420 e. The molecule has 0 aliphatic carbocycles. The lowest BCUT2D eigenvalue weighted by molar-refractivity contribution is 0.0537. The summed E-state index contributed by atoms with van der Waals surface area (Å²) in [5.41, 5.74) is 0.368. The van der Waals surface area contributed by atoms with Crippen LogP contribution in [0.2, 0.25) is 0 Å². The zero-order valence-electron chi connectivity index (χ0n) is 13.8. The van der Waals surface area contributed by atoms with E-state index in [1.165, 1.54) is 23.8 Å². The monoisotopic (exact) mass is 306 g/mol. The first-order valence-corrected chi connectivity index (χ1v) is 7.16. The molecule has 0 aliphatic heterocycles. The normalized spacial score (nSPS) is 12.0. The Kier molecular flexibility index (Phi) is 4.04. The lowest BCUT2D eigenvalue weighted by atomic mass is 10.2. The van der Waals surface area contributed by atoms with Crippen molar-refractivity contribution >= 4 is 17.1 Å². The summed E-state index contributed by atoms with van der Waals surface area (Å²) < 4.78 is 12.1. The number of aromatic nitrogens is 2. The number of phenols is 1. The lowest BCUT2D eigenvalue weighted by Crippen LogP contribution is -2.28. The summed E-state index contributed by atoms with van der Waals surface area (Å²) in [5, 5.41) is 9.86. The van der Waals surface area contributed by atoms with Gasteiger partial charge in [-0.15, -0.1) is 0 Å². The molecule has 120 valence electrons. The van der Waals surface area contributed by atoms with Crippen molar-refractivity contribution in [2.45, 2.75) is 46.1 Å². The quantitative estimate of drug-likeness (QED) is 0.916. The summed E-state index contributed by atoms with van der Waals surface area (Å²) in [6, 6.07) is 2.96. The molecule has 1 aromatic heterocycles. The zero-order chi connectivity index (χ0) is 16.7. The molecule has 0 atom stereocenters. The predicted octanol–water partition coefficient (Wildman–Crippen LogP) is 3.66. The van der Waals surface area contributed by atoms with Crippen LogP contribution < -0.4 is 4.74 Å². The van der Waals surface area contributed by atoms with E-state index >= 15 is 0 Å². The van der Waals surface area contributed by atoms with Crippen molar-refractivity contribution in [2.24, 2.45) is 0 Å². The van der Waals surface area contributed by atoms with Gasteiger partial charge in [-0.2, -0.15) is 0 Å². The second kappa shape index (κ2) is 5.51. The average molecular weight is 306 g/mol. The van der Waals surface area contributed by atoms with Crippen molar-refractivity contribution < 1.29 is 19.4 Å². The van der Waals surface area contributed by atoms with Crippen molar-refractivity contribution in [3.05, 3.63) is 18.0 Å². The van der Waals surface area contributed by atoms with Crippen LogP contribution in [0, 0.1) is 0 Å². The third-order valence-electron chi connectivity index (χ3n) is 3.05. The Bertz CT molecular complexity index is 711. The fourth-order valence-electron chi connectivity index (χ4n) is 2.19. The van der Waals surface area contributed by atoms with Gasteiger partial charge in [0.2, 0.25) is 0 Å². The van der Waals surface area contributed by atoms with Crippen LogP contribution in [0.4, 0.5) is 4.79 Å². The highest BCUT2D eigenvalue weighted by molar-refractivity contribution is 5.92. The molecule has 0 fully saturated rings. The van der Waals surface area contributed by atoms with Gasteiger partial charge in [0.25, 0.3) is 0 Å². The molecule has 6 nitrogen and oxygen atoms in total. The van der Waals surface area contributed by atoms with Gasteiger partial charge in [0.05, 0.1) is 12.6 Å². The number of methoxy groups -OCH3 is 1. The number of ether oxygens (including phenoxy) is 2.